The number of nitrogens with one attached hydrogen (secondary N) is 1. The molecule has 0 aliphatic carbocycles. The van der Waals surface area contributed by atoms with E-state index in [1.54, 1.807) is 11.3 Å². The number of fused-ring (bicyclic) bond motifs is 1. The zero-order valence-corrected chi connectivity index (χ0v) is 14.7. The molecule has 0 atom stereocenters. The molecule has 0 spiro atoms. The second-order valence-electron chi connectivity index (χ2n) is 5.98. The van der Waals surface area contributed by atoms with Gasteiger partial charge < -0.3 is 9.51 Å². The van der Waals surface area contributed by atoms with Crippen LogP contribution in [0, 0.1) is 6.92 Å². The monoisotopic (exact) mass is 351 g/mol. The Bertz CT molecular complexity index is 1010. The van der Waals surface area contributed by atoms with Crippen LogP contribution in [0.5, 0.6) is 0 Å². The number of aryl methyl sites for hydroxylation is 1. The summed E-state index contributed by atoms with van der Waals surface area (Å²) in [6.07, 6.45) is 2.07. The quantitative estimate of drug-likeness (QED) is 0.693. The Labute approximate surface area is 149 Å². The first-order valence-corrected chi connectivity index (χ1v) is 8.68. The Kier molecular flexibility index (Phi) is 3.69. The van der Waals surface area contributed by atoms with Crippen molar-refractivity contribution in [1.29, 1.82) is 0 Å². The number of nitrogens with zero attached hydrogens (tertiary/aromatic N) is 2. The first kappa shape index (κ1) is 15.7. The second-order valence-corrected chi connectivity index (χ2v) is 6.93. The maximum Gasteiger partial charge on any atom is 0.345 e. The van der Waals surface area contributed by atoms with Gasteiger partial charge in [0.2, 0.25) is 0 Å². The van der Waals surface area contributed by atoms with Gasteiger partial charge in [0.15, 0.2) is 0 Å². The smallest absolute Gasteiger partial charge is 0.345 e. The maximum atomic E-state index is 11.2. The summed E-state index contributed by atoms with van der Waals surface area (Å²) in [5.41, 5.74) is 9.33. The largest absolute Gasteiger partial charge is 0.477 e. The van der Waals surface area contributed by atoms with Crippen molar-refractivity contribution in [3.05, 3.63) is 70.9 Å². The van der Waals surface area contributed by atoms with Gasteiger partial charge in [-0.25, -0.2) is 9.21 Å². The molecule has 0 saturated heterocycles. The zero-order chi connectivity index (χ0) is 17.6. The first-order valence-electron chi connectivity index (χ1n) is 7.90. The summed E-state index contributed by atoms with van der Waals surface area (Å²) in [6, 6.07) is 16.4. The van der Waals surface area contributed by atoms with Gasteiger partial charge in [0.25, 0.3) is 0 Å². The fourth-order valence-corrected chi connectivity index (χ4v) is 3.93. The molecule has 0 amide bonds. The average Bonchev–Trinajstić information content (AvgIpc) is 3.14. The van der Waals surface area contributed by atoms with E-state index in [2.05, 4.69) is 47.2 Å². The fourth-order valence-electron chi connectivity index (χ4n) is 3.08. The van der Waals surface area contributed by atoms with Crippen LogP contribution in [-0.4, -0.2) is 15.5 Å². The molecule has 126 valence electrons. The number of aliphatic carboxylic acids is 1. The standard InChI is InChI=1S/C19H17N3O2S/c1-12-11-16-5-3-4-10-21(16)17(12)14-6-8-15(9-7-14)22-20-13(2)18(25-22)19(23)24/h3-11,20H,1-2H3,(H,23,24). The highest BCUT2D eigenvalue weighted by Gasteiger charge is 2.25. The Morgan fingerprint density at radius 3 is 2.56 bits per heavy atom. The van der Waals surface area contributed by atoms with E-state index in [1.165, 1.54) is 28.7 Å². The molecule has 2 N–H and O–H groups in total. The van der Waals surface area contributed by atoms with Gasteiger partial charge in [0.05, 0.1) is 17.1 Å². The molecular weight excluding hydrogens is 334 g/mol. The Morgan fingerprint density at radius 1 is 1.12 bits per heavy atom. The lowest BCUT2D eigenvalue weighted by molar-refractivity contribution is -0.131. The zero-order valence-electron chi connectivity index (χ0n) is 13.9. The third-order valence-electron chi connectivity index (χ3n) is 4.23. The van der Waals surface area contributed by atoms with Crippen molar-refractivity contribution in [1.82, 2.24) is 9.83 Å². The van der Waals surface area contributed by atoms with Crippen LogP contribution in [0.1, 0.15) is 12.5 Å². The van der Waals surface area contributed by atoms with E-state index in [1.807, 2.05) is 24.3 Å². The topological polar surface area (TPSA) is 57.0 Å². The van der Waals surface area contributed by atoms with Gasteiger partial charge in [-0.3, -0.25) is 5.43 Å². The molecular formula is C19H17N3O2S. The van der Waals surface area contributed by atoms with Gasteiger partial charge in [-0.1, -0.05) is 18.2 Å². The van der Waals surface area contributed by atoms with Crippen LogP contribution in [0.4, 0.5) is 5.69 Å². The summed E-state index contributed by atoms with van der Waals surface area (Å²) in [4.78, 5) is 11.5. The molecule has 6 heteroatoms. The van der Waals surface area contributed by atoms with E-state index in [0.29, 0.717) is 10.6 Å². The van der Waals surface area contributed by atoms with Crippen molar-refractivity contribution in [2.75, 3.05) is 4.41 Å². The minimum atomic E-state index is -0.913. The fraction of sp³-hybridized carbons (Fsp3) is 0.105. The van der Waals surface area contributed by atoms with Crippen molar-refractivity contribution in [2.24, 2.45) is 0 Å². The predicted octanol–water partition coefficient (Wildman–Crippen LogP) is 4.20. The van der Waals surface area contributed by atoms with Crippen molar-refractivity contribution < 1.29 is 9.90 Å². The summed E-state index contributed by atoms with van der Waals surface area (Å²) < 4.78 is 3.95. The Balaban J connectivity index is 1.65. The summed E-state index contributed by atoms with van der Waals surface area (Å²) in [7, 11) is 0. The number of carboxylic acid groups (broad SMARTS) is 1. The number of hydrogen-bond donors (Lipinski definition) is 2. The predicted molar refractivity (Wildman–Crippen MR) is 101 cm³/mol. The normalized spacial score (nSPS) is 14.2. The van der Waals surface area contributed by atoms with Gasteiger partial charge in [-0.05, 0) is 55.3 Å². The number of anilines is 1. The third-order valence-corrected chi connectivity index (χ3v) is 5.38. The third kappa shape index (κ3) is 2.64. The number of benzene rings is 1. The molecule has 1 aromatic carbocycles. The first-order chi connectivity index (χ1) is 12.0. The van der Waals surface area contributed by atoms with Gasteiger partial charge in [-0.15, -0.1) is 0 Å². The van der Waals surface area contributed by atoms with E-state index in [0.717, 1.165) is 11.3 Å². The summed E-state index contributed by atoms with van der Waals surface area (Å²) in [5, 5.41) is 9.20. The molecule has 1 aliphatic heterocycles. The lowest BCUT2D eigenvalue weighted by atomic mass is 10.1. The van der Waals surface area contributed by atoms with E-state index >= 15 is 0 Å². The molecule has 0 fully saturated rings. The lowest BCUT2D eigenvalue weighted by Gasteiger charge is -2.18. The number of rotatable bonds is 3. The molecule has 5 nitrogen and oxygen atoms in total. The number of aromatic nitrogens is 1. The number of pyridine rings is 1. The molecule has 3 aromatic rings. The maximum absolute atomic E-state index is 11.2. The van der Waals surface area contributed by atoms with Gasteiger partial charge in [0.1, 0.15) is 4.91 Å². The molecule has 3 heterocycles. The van der Waals surface area contributed by atoms with Gasteiger partial charge in [0, 0.05) is 23.7 Å². The number of allylic oxidation sites excluding steroid dienone is 1. The second kappa shape index (κ2) is 5.89. The average molecular weight is 351 g/mol. The minimum Gasteiger partial charge on any atom is -0.477 e. The highest BCUT2D eigenvalue weighted by molar-refractivity contribution is 8.05. The van der Waals surface area contributed by atoms with Crippen LogP contribution in [0.25, 0.3) is 16.8 Å². The molecule has 2 aromatic heterocycles. The van der Waals surface area contributed by atoms with Crippen LogP contribution in [0.2, 0.25) is 0 Å². The molecule has 0 saturated carbocycles. The van der Waals surface area contributed by atoms with E-state index in [9.17, 15) is 9.90 Å². The SMILES string of the molecule is CC1=C(C(=O)O)SN(c2ccc(-c3c(C)cc4ccccn34)cc2)N1. The molecule has 1 aliphatic rings. The van der Waals surface area contributed by atoms with Gasteiger partial charge in [-0.2, -0.15) is 0 Å². The summed E-state index contributed by atoms with van der Waals surface area (Å²) in [5.74, 6) is -0.913. The highest BCUT2D eigenvalue weighted by Crippen LogP contribution is 2.35. The molecule has 0 bridgehead atoms. The van der Waals surface area contributed by atoms with Crippen LogP contribution >= 0.6 is 11.9 Å². The number of hydrogen-bond acceptors (Lipinski definition) is 4. The Hall–Kier alpha value is -2.86. The molecule has 0 unspecified atom stereocenters. The van der Waals surface area contributed by atoms with Crippen molar-refractivity contribution in [2.45, 2.75) is 13.8 Å². The molecule has 0 radical (unpaired) electrons. The van der Waals surface area contributed by atoms with E-state index in [-0.39, 0.29) is 0 Å². The van der Waals surface area contributed by atoms with Crippen molar-refractivity contribution >= 4 is 29.1 Å². The molecule has 25 heavy (non-hydrogen) atoms. The van der Waals surface area contributed by atoms with E-state index in [4.69, 9.17) is 0 Å². The van der Waals surface area contributed by atoms with Crippen LogP contribution in [0.3, 0.4) is 0 Å². The number of carboxylic acids is 1. The van der Waals surface area contributed by atoms with Crippen LogP contribution in [0.15, 0.2) is 65.3 Å². The van der Waals surface area contributed by atoms with Crippen LogP contribution in [-0.2, 0) is 4.79 Å². The number of hydrazine groups is 1. The number of carbonyl (C=O) groups is 1. The van der Waals surface area contributed by atoms with Crippen LogP contribution < -0.4 is 9.84 Å². The Morgan fingerprint density at radius 2 is 1.88 bits per heavy atom. The molecule has 4 rings (SSSR count). The van der Waals surface area contributed by atoms with Crippen molar-refractivity contribution in [3.63, 3.8) is 0 Å². The lowest BCUT2D eigenvalue weighted by Crippen LogP contribution is -2.25. The van der Waals surface area contributed by atoms with E-state index < -0.39 is 5.97 Å². The highest BCUT2D eigenvalue weighted by atomic mass is 32.2. The summed E-state index contributed by atoms with van der Waals surface area (Å²) >= 11 is 1.19. The van der Waals surface area contributed by atoms with Gasteiger partial charge >= 0.3 is 5.97 Å². The summed E-state index contributed by atoms with van der Waals surface area (Å²) in [6.45, 7) is 3.88. The van der Waals surface area contributed by atoms with Crippen molar-refractivity contribution in [3.8, 4) is 11.3 Å². The minimum absolute atomic E-state index is 0.317.